The maximum Gasteiger partial charge on any atom is 0.257 e. The zero-order valence-corrected chi connectivity index (χ0v) is 12.7. The van der Waals surface area contributed by atoms with Crippen LogP contribution in [-0.2, 0) is 4.74 Å². The molecule has 0 aliphatic carbocycles. The summed E-state index contributed by atoms with van der Waals surface area (Å²) in [5.41, 5.74) is 0.628. The molecule has 1 aliphatic rings. The van der Waals surface area contributed by atoms with Gasteiger partial charge in [0.1, 0.15) is 6.26 Å². The third kappa shape index (κ3) is 3.63. The van der Waals surface area contributed by atoms with Crippen molar-refractivity contribution in [3.63, 3.8) is 0 Å². The molecule has 20 heavy (non-hydrogen) atoms. The topological polar surface area (TPSA) is 42.7 Å². The van der Waals surface area contributed by atoms with Gasteiger partial charge in [0.2, 0.25) is 0 Å². The van der Waals surface area contributed by atoms with Gasteiger partial charge in [-0.3, -0.25) is 4.79 Å². The highest BCUT2D eigenvalue weighted by Gasteiger charge is 2.32. The number of carbonyl (C=O) groups is 1. The average Bonchev–Trinajstić information content (AvgIpc) is 2.98. The van der Waals surface area contributed by atoms with Crippen molar-refractivity contribution >= 4 is 5.91 Å². The molecule has 1 aromatic rings. The molecule has 2 atom stereocenters. The van der Waals surface area contributed by atoms with Gasteiger partial charge >= 0.3 is 0 Å². The number of rotatable bonds is 5. The molecule has 2 heterocycles. The van der Waals surface area contributed by atoms with Crippen LogP contribution in [0, 0.1) is 5.92 Å². The highest BCUT2D eigenvalue weighted by molar-refractivity contribution is 5.93. The third-order valence-electron chi connectivity index (χ3n) is 3.87. The number of morpholine rings is 1. The Morgan fingerprint density at radius 1 is 1.45 bits per heavy atom. The third-order valence-corrected chi connectivity index (χ3v) is 3.87. The summed E-state index contributed by atoms with van der Waals surface area (Å²) in [7, 11) is 0. The Bertz CT molecular complexity index is 413. The molecule has 4 heteroatoms. The molecule has 1 amide bonds. The summed E-state index contributed by atoms with van der Waals surface area (Å²) in [6.45, 7) is 7.83. The predicted molar refractivity (Wildman–Crippen MR) is 77.6 cm³/mol. The zero-order chi connectivity index (χ0) is 14.5. The van der Waals surface area contributed by atoms with Crippen LogP contribution >= 0.6 is 0 Å². The highest BCUT2D eigenvalue weighted by Crippen LogP contribution is 2.22. The van der Waals surface area contributed by atoms with Gasteiger partial charge in [0.25, 0.3) is 5.91 Å². The molecule has 4 nitrogen and oxygen atoms in total. The van der Waals surface area contributed by atoms with Crippen LogP contribution in [0.15, 0.2) is 23.0 Å². The summed E-state index contributed by atoms with van der Waals surface area (Å²) in [6, 6.07) is 1.73. The Labute approximate surface area is 121 Å². The second-order valence-electron chi connectivity index (χ2n) is 5.90. The maximum atomic E-state index is 12.5. The van der Waals surface area contributed by atoms with Crippen molar-refractivity contribution in [1.82, 2.24) is 4.90 Å². The summed E-state index contributed by atoms with van der Waals surface area (Å²) >= 11 is 0. The maximum absolute atomic E-state index is 12.5. The molecule has 2 rings (SSSR count). The number of amides is 1. The molecule has 0 unspecified atom stereocenters. The van der Waals surface area contributed by atoms with Gasteiger partial charge in [-0.2, -0.15) is 0 Å². The van der Waals surface area contributed by atoms with E-state index < -0.39 is 0 Å². The van der Waals surface area contributed by atoms with E-state index in [9.17, 15) is 4.79 Å². The van der Waals surface area contributed by atoms with Crippen LogP contribution in [0.25, 0.3) is 0 Å². The Balaban J connectivity index is 2.05. The minimum absolute atomic E-state index is 0.0502. The van der Waals surface area contributed by atoms with Crippen molar-refractivity contribution in [1.29, 1.82) is 0 Å². The monoisotopic (exact) mass is 279 g/mol. The predicted octanol–water partition coefficient (Wildman–Crippen LogP) is 3.34. The molecule has 1 saturated heterocycles. The number of nitrogens with zero attached hydrogens (tertiary/aromatic N) is 1. The van der Waals surface area contributed by atoms with E-state index in [2.05, 4.69) is 20.8 Å². The van der Waals surface area contributed by atoms with E-state index in [1.165, 1.54) is 6.26 Å². The van der Waals surface area contributed by atoms with Gasteiger partial charge in [0.05, 0.1) is 24.0 Å². The molecule has 0 saturated carbocycles. The van der Waals surface area contributed by atoms with Gasteiger partial charge in [0.15, 0.2) is 0 Å². The SMILES string of the molecule is CCCC[C@@H]1CN(C(=O)c2ccoc2)C[C@H](C(C)C)O1. The first-order valence-corrected chi connectivity index (χ1v) is 7.58. The summed E-state index contributed by atoms with van der Waals surface area (Å²) in [5, 5.41) is 0. The van der Waals surface area contributed by atoms with Crippen molar-refractivity contribution < 1.29 is 13.9 Å². The van der Waals surface area contributed by atoms with Crippen molar-refractivity contribution in [3.8, 4) is 0 Å². The molecule has 0 bridgehead atoms. The Hall–Kier alpha value is -1.29. The van der Waals surface area contributed by atoms with Crippen molar-refractivity contribution in [2.24, 2.45) is 5.92 Å². The number of furan rings is 1. The summed E-state index contributed by atoms with van der Waals surface area (Å²) in [4.78, 5) is 14.4. The fourth-order valence-corrected chi connectivity index (χ4v) is 2.56. The van der Waals surface area contributed by atoms with Gasteiger partial charge in [-0.1, -0.05) is 33.6 Å². The van der Waals surface area contributed by atoms with E-state index in [0.29, 0.717) is 24.6 Å². The summed E-state index contributed by atoms with van der Waals surface area (Å²) in [5.74, 6) is 0.466. The molecular weight excluding hydrogens is 254 g/mol. The van der Waals surface area contributed by atoms with Gasteiger partial charge in [-0.25, -0.2) is 0 Å². The molecule has 1 aliphatic heterocycles. The standard InChI is InChI=1S/C16H25NO3/c1-4-5-6-14-9-17(10-15(20-14)12(2)3)16(18)13-7-8-19-11-13/h7-8,11-12,14-15H,4-6,9-10H2,1-3H3/t14-,15-/m1/s1. The van der Waals surface area contributed by atoms with Crippen LogP contribution in [0.3, 0.4) is 0 Å². The van der Waals surface area contributed by atoms with Crippen LogP contribution in [0.4, 0.5) is 0 Å². The van der Waals surface area contributed by atoms with E-state index >= 15 is 0 Å². The number of hydrogen-bond acceptors (Lipinski definition) is 3. The van der Waals surface area contributed by atoms with E-state index in [4.69, 9.17) is 9.15 Å². The first kappa shape index (κ1) is 15.1. The lowest BCUT2D eigenvalue weighted by atomic mass is 10.0. The van der Waals surface area contributed by atoms with E-state index in [-0.39, 0.29) is 18.1 Å². The molecule has 1 aromatic heterocycles. The highest BCUT2D eigenvalue weighted by atomic mass is 16.5. The number of unbranched alkanes of at least 4 members (excludes halogenated alkanes) is 1. The van der Waals surface area contributed by atoms with Gasteiger partial charge < -0.3 is 14.1 Å². The molecule has 0 radical (unpaired) electrons. The second kappa shape index (κ2) is 6.93. The largest absolute Gasteiger partial charge is 0.472 e. The normalized spacial score (nSPS) is 23.3. The lowest BCUT2D eigenvalue weighted by Gasteiger charge is -2.39. The molecule has 0 spiro atoms. The lowest BCUT2D eigenvalue weighted by Crippen LogP contribution is -2.51. The van der Waals surface area contributed by atoms with Crippen LogP contribution < -0.4 is 0 Å². The van der Waals surface area contributed by atoms with Gasteiger partial charge in [-0.05, 0) is 18.4 Å². The van der Waals surface area contributed by atoms with E-state index in [1.807, 2.05) is 4.90 Å². The first-order valence-electron chi connectivity index (χ1n) is 7.58. The number of hydrogen-bond donors (Lipinski definition) is 0. The Morgan fingerprint density at radius 3 is 2.85 bits per heavy atom. The quantitative estimate of drug-likeness (QED) is 0.830. The smallest absolute Gasteiger partial charge is 0.257 e. The minimum atomic E-state index is 0.0502. The van der Waals surface area contributed by atoms with Gasteiger partial charge in [0, 0.05) is 13.1 Å². The molecule has 0 aromatic carbocycles. The van der Waals surface area contributed by atoms with E-state index in [1.54, 1.807) is 12.3 Å². The molecule has 112 valence electrons. The molecular formula is C16H25NO3. The number of ether oxygens (including phenoxy) is 1. The van der Waals surface area contributed by atoms with Crippen LogP contribution in [0.5, 0.6) is 0 Å². The van der Waals surface area contributed by atoms with Crippen LogP contribution in [0.2, 0.25) is 0 Å². The van der Waals surface area contributed by atoms with E-state index in [0.717, 1.165) is 19.3 Å². The molecule has 0 N–H and O–H groups in total. The fraction of sp³-hybridized carbons (Fsp3) is 0.688. The zero-order valence-electron chi connectivity index (χ0n) is 12.7. The average molecular weight is 279 g/mol. The first-order chi connectivity index (χ1) is 9.61. The Kier molecular flexibility index (Phi) is 5.24. The van der Waals surface area contributed by atoms with Crippen molar-refractivity contribution in [2.45, 2.75) is 52.2 Å². The van der Waals surface area contributed by atoms with Crippen molar-refractivity contribution in [2.75, 3.05) is 13.1 Å². The van der Waals surface area contributed by atoms with Crippen LogP contribution in [-0.4, -0.2) is 36.1 Å². The van der Waals surface area contributed by atoms with Gasteiger partial charge in [-0.15, -0.1) is 0 Å². The second-order valence-corrected chi connectivity index (χ2v) is 5.90. The summed E-state index contributed by atoms with van der Waals surface area (Å²) < 4.78 is 11.1. The van der Waals surface area contributed by atoms with Crippen molar-refractivity contribution in [3.05, 3.63) is 24.2 Å². The number of carbonyl (C=O) groups excluding carboxylic acids is 1. The minimum Gasteiger partial charge on any atom is -0.472 e. The van der Waals surface area contributed by atoms with Crippen LogP contribution in [0.1, 0.15) is 50.4 Å². The molecule has 1 fully saturated rings. The lowest BCUT2D eigenvalue weighted by molar-refractivity contribution is -0.0962. The fourth-order valence-electron chi connectivity index (χ4n) is 2.56. The summed E-state index contributed by atoms with van der Waals surface area (Å²) in [6.07, 6.45) is 6.67. The Morgan fingerprint density at radius 2 is 2.25 bits per heavy atom.